The summed E-state index contributed by atoms with van der Waals surface area (Å²) in [5, 5.41) is 2.61. The molecule has 23 heavy (non-hydrogen) atoms. The highest BCUT2D eigenvalue weighted by molar-refractivity contribution is 7.16. The zero-order valence-electron chi connectivity index (χ0n) is 11.7. The molecule has 0 atom stereocenters. The summed E-state index contributed by atoms with van der Waals surface area (Å²) >= 11 is 7.17. The third-order valence-corrected chi connectivity index (χ3v) is 4.61. The Labute approximate surface area is 138 Å². The van der Waals surface area contributed by atoms with Crippen molar-refractivity contribution in [1.29, 1.82) is 0 Å². The zero-order chi connectivity index (χ0) is 16.8. The Hall–Kier alpha value is -1.93. The van der Waals surface area contributed by atoms with E-state index in [2.05, 4.69) is 5.32 Å². The van der Waals surface area contributed by atoms with Crippen LogP contribution < -0.4 is 15.0 Å². The number of carbonyl (C=O) groups is 1. The molecule has 9 heteroatoms. The lowest BCUT2D eigenvalue weighted by Crippen LogP contribution is -2.38. The summed E-state index contributed by atoms with van der Waals surface area (Å²) in [6.07, 6.45) is -4.51. The van der Waals surface area contributed by atoms with Crippen LogP contribution in [0.1, 0.15) is 10.4 Å². The molecule has 3 rings (SSSR count). The predicted molar refractivity (Wildman–Crippen MR) is 82.5 cm³/mol. The lowest BCUT2D eigenvalue weighted by atomic mass is 10.1. The van der Waals surface area contributed by atoms with Crippen molar-refractivity contribution in [2.75, 3.05) is 17.3 Å². The third kappa shape index (κ3) is 2.96. The largest absolute Gasteiger partial charge is 0.495 e. The molecular weight excluding hydrogens is 353 g/mol. The molecule has 0 saturated carbocycles. The van der Waals surface area contributed by atoms with Crippen LogP contribution in [0.3, 0.4) is 0 Å². The summed E-state index contributed by atoms with van der Waals surface area (Å²) in [5.41, 5.74) is -0.224. The Morgan fingerprint density at radius 3 is 2.74 bits per heavy atom. The minimum Gasteiger partial charge on any atom is -0.495 e. The lowest BCUT2D eigenvalue weighted by molar-refractivity contribution is -0.137. The second kappa shape index (κ2) is 5.61. The van der Waals surface area contributed by atoms with Gasteiger partial charge in [-0.05, 0) is 24.3 Å². The smallest absolute Gasteiger partial charge is 0.416 e. The molecule has 1 aliphatic rings. The van der Waals surface area contributed by atoms with Gasteiger partial charge in [-0.1, -0.05) is 11.6 Å². The van der Waals surface area contributed by atoms with Gasteiger partial charge in [0.05, 0.1) is 34.9 Å². The van der Waals surface area contributed by atoms with E-state index in [0.717, 1.165) is 17.0 Å². The number of carbonyl (C=O) groups excluding carboxylic acids is 1. The highest BCUT2D eigenvalue weighted by atomic mass is 35.5. The molecule has 0 saturated heterocycles. The number of amides is 2. The highest BCUT2D eigenvalue weighted by Crippen LogP contribution is 2.41. The molecule has 122 valence electrons. The summed E-state index contributed by atoms with van der Waals surface area (Å²) < 4.78 is 44.4. The Morgan fingerprint density at radius 2 is 2.09 bits per heavy atom. The number of hydrogen-bond acceptors (Lipinski definition) is 3. The van der Waals surface area contributed by atoms with Crippen LogP contribution in [0.5, 0.6) is 5.75 Å². The fourth-order valence-corrected chi connectivity index (χ4v) is 3.50. The van der Waals surface area contributed by atoms with Gasteiger partial charge in [-0.15, -0.1) is 11.3 Å². The van der Waals surface area contributed by atoms with Crippen molar-refractivity contribution in [2.24, 2.45) is 0 Å². The highest BCUT2D eigenvalue weighted by Gasteiger charge is 2.34. The Bertz CT molecular complexity index is 776. The molecular formula is C14H10ClF3N2O2S. The van der Waals surface area contributed by atoms with Crippen LogP contribution in [0.15, 0.2) is 24.3 Å². The standard InChI is InChI=1S/C14H10ClF3N2O2S/c1-22-10-3-2-7(14(16,17)18)4-9(10)20-6-11-8(19-13(20)21)5-12(15)23-11/h2-5H,6H2,1H3,(H,19,21). The molecule has 4 nitrogen and oxygen atoms in total. The number of rotatable bonds is 2. The van der Waals surface area contributed by atoms with Crippen molar-refractivity contribution in [1.82, 2.24) is 0 Å². The van der Waals surface area contributed by atoms with E-state index in [9.17, 15) is 18.0 Å². The second-order valence-corrected chi connectivity index (χ2v) is 6.56. The molecule has 1 N–H and O–H groups in total. The normalized spacial score (nSPS) is 14.5. The Balaban J connectivity index is 2.05. The van der Waals surface area contributed by atoms with Gasteiger partial charge in [0, 0.05) is 4.88 Å². The monoisotopic (exact) mass is 362 g/mol. The molecule has 2 aromatic rings. The molecule has 1 aromatic carbocycles. The molecule has 1 aromatic heterocycles. The van der Waals surface area contributed by atoms with E-state index in [4.69, 9.17) is 16.3 Å². The van der Waals surface area contributed by atoms with Crippen molar-refractivity contribution in [3.63, 3.8) is 0 Å². The number of methoxy groups -OCH3 is 1. The van der Waals surface area contributed by atoms with Crippen LogP contribution >= 0.6 is 22.9 Å². The first-order chi connectivity index (χ1) is 10.8. The van der Waals surface area contributed by atoms with Crippen LogP contribution in [0.2, 0.25) is 4.34 Å². The van der Waals surface area contributed by atoms with Crippen LogP contribution in [0.25, 0.3) is 0 Å². The minimum absolute atomic E-state index is 0.0509. The summed E-state index contributed by atoms with van der Waals surface area (Å²) in [7, 11) is 1.33. The van der Waals surface area contributed by atoms with Crippen LogP contribution in [0.4, 0.5) is 29.3 Å². The first-order valence-electron chi connectivity index (χ1n) is 6.41. The van der Waals surface area contributed by atoms with Gasteiger partial charge in [-0.3, -0.25) is 4.90 Å². The maximum absolute atomic E-state index is 12.9. The van der Waals surface area contributed by atoms with Gasteiger partial charge in [0.2, 0.25) is 0 Å². The number of ether oxygens (including phenoxy) is 1. The molecule has 0 unspecified atom stereocenters. The van der Waals surface area contributed by atoms with Crippen molar-refractivity contribution in [3.8, 4) is 5.75 Å². The molecule has 2 amide bonds. The number of thiophene rings is 1. The number of alkyl halides is 3. The van der Waals surface area contributed by atoms with Gasteiger partial charge >= 0.3 is 12.2 Å². The molecule has 0 bridgehead atoms. The first kappa shape index (κ1) is 15.9. The minimum atomic E-state index is -4.51. The van der Waals surface area contributed by atoms with Gasteiger partial charge in [-0.25, -0.2) is 4.79 Å². The number of nitrogens with one attached hydrogen (secondary N) is 1. The molecule has 0 radical (unpaired) electrons. The predicted octanol–water partition coefficient (Wildman–Crippen LogP) is 4.98. The van der Waals surface area contributed by atoms with E-state index >= 15 is 0 Å². The van der Waals surface area contributed by atoms with E-state index in [1.54, 1.807) is 6.07 Å². The fraction of sp³-hybridized carbons (Fsp3) is 0.214. The van der Waals surface area contributed by atoms with Crippen LogP contribution in [0, 0.1) is 0 Å². The lowest BCUT2D eigenvalue weighted by Gasteiger charge is -2.29. The van der Waals surface area contributed by atoms with E-state index in [-0.39, 0.29) is 18.0 Å². The number of nitrogens with zero attached hydrogens (tertiary/aromatic N) is 1. The SMILES string of the molecule is COc1ccc(C(F)(F)F)cc1N1Cc2sc(Cl)cc2NC1=O. The number of benzene rings is 1. The van der Waals surface area contributed by atoms with E-state index in [1.165, 1.54) is 29.4 Å². The molecule has 1 aliphatic heterocycles. The average Bonchev–Trinajstić information content (AvgIpc) is 2.83. The van der Waals surface area contributed by atoms with Crippen LogP contribution in [-0.4, -0.2) is 13.1 Å². The topological polar surface area (TPSA) is 41.6 Å². The number of hydrogen-bond donors (Lipinski definition) is 1. The maximum Gasteiger partial charge on any atom is 0.416 e. The summed E-state index contributed by atoms with van der Waals surface area (Å²) in [5.74, 6) is 0.180. The Morgan fingerprint density at radius 1 is 1.35 bits per heavy atom. The number of halogens is 4. The average molecular weight is 363 g/mol. The molecule has 0 fully saturated rings. The summed E-state index contributed by atoms with van der Waals surface area (Å²) in [4.78, 5) is 14.2. The number of anilines is 2. The molecule has 0 aliphatic carbocycles. The van der Waals surface area contributed by atoms with E-state index in [0.29, 0.717) is 10.0 Å². The number of fused-ring (bicyclic) bond motifs is 1. The van der Waals surface area contributed by atoms with Gasteiger partial charge in [-0.2, -0.15) is 13.2 Å². The van der Waals surface area contributed by atoms with Crippen molar-refractivity contribution in [3.05, 3.63) is 39.0 Å². The van der Waals surface area contributed by atoms with E-state index < -0.39 is 17.8 Å². The van der Waals surface area contributed by atoms with Gasteiger partial charge in [0.1, 0.15) is 5.75 Å². The Kier molecular flexibility index (Phi) is 3.89. The quantitative estimate of drug-likeness (QED) is 0.818. The van der Waals surface area contributed by atoms with Crippen molar-refractivity contribution >= 4 is 40.3 Å². The fourth-order valence-electron chi connectivity index (χ4n) is 2.29. The van der Waals surface area contributed by atoms with Crippen molar-refractivity contribution in [2.45, 2.75) is 12.7 Å². The van der Waals surface area contributed by atoms with Gasteiger partial charge < -0.3 is 10.1 Å². The summed E-state index contributed by atoms with van der Waals surface area (Å²) in [6, 6.07) is 4.09. The zero-order valence-corrected chi connectivity index (χ0v) is 13.3. The third-order valence-electron chi connectivity index (χ3n) is 3.36. The number of urea groups is 1. The van der Waals surface area contributed by atoms with Gasteiger partial charge in [0.15, 0.2) is 0 Å². The first-order valence-corrected chi connectivity index (χ1v) is 7.61. The van der Waals surface area contributed by atoms with Crippen LogP contribution in [-0.2, 0) is 12.7 Å². The molecule has 2 heterocycles. The second-order valence-electron chi connectivity index (χ2n) is 4.79. The summed E-state index contributed by atoms with van der Waals surface area (Å²) in [6.45, 7) is 0.121. The van der Waals surface area contributed by atoms with Crippen molar-refractivity contribution < 1.29 is 22.7 Å². The maximum atomic E-state index is 12.9. The van der Waals surface area contributed by atoms with Gasteiger partial charge in [0.25, 0.3) is 0 Å². The van der Waals surface area contributed by atoms with E-state index in [1.807, 2.05) is 0 Å². The molecule has 0 spiro atoms.